The fourth-order valence-corrected chi connectivity index (χ4v) is 1.13. The molecule has 0 amide bonds. The number of ketones is 1. The molecule has 0 N–H and O–H groups in total. The molecule has 0 saturated carbocycles. The number of ether oxygens (including phenoxy) is 2. The van der Waals surface area contributed by atoms with Crippen LogP contribution in [-0.2, 0) is 16.1 Å². The number of hydrogen-bond acceptors (Lipinski definition) is 5. The van der Waals surface area contributed by atoms with Gasteiger partial charge in [0.05, 0.1) is 13.7 Å². The van der Waals surface area contributed by atoms with Crippen molar-refractivity contribution in [2.45, 2.75) is 13.5 Å². The van der Waals surface area contributed by atoms with Crippen molar-refractivity contribution in [3.05, 3.63) is 23.2 Å². The van der Waals surface area contributed by atoms with Gasteiger partial charge in [-0.1, -0.05) is 0 Å². The average molecular weight is 212 g/mol. The van der Waals surface area contributed by atoms with Crippen LogP contribution in [0.1, 0.15) is 33.6 Å². The van der Waals surface area contributed by atoms with Crippen molar-refractivity contribution >= 4 is 11.8 Å². The lowest BCUT2D eigenvalue weighted by Gasteiger charge is -1.98. The minimum atomic E-state index is -0.616. The average Bonchev–Trinajstić information content (AvgIpc) is 2.61. The number of hydrogen-bond donors (Lipinski definition) is 0. The summed E-state index contributed by atoms with van der Waals surface area (Å²) in [7, 11) is 2.73. The Labute approximate surface area is 87.0 Å². The molecule has 1 rings (SSSR count). The summed E-state index contributed by atoms with van der Waals surface area (Å²) in [5, 5.41) is 0. The largest absolute Gasteiger partial charge is 0.463 e. The zero-order chi connectivity index (χ0) is 11.4. The lowest BCUT2D eigenvalue weighted by molar-refractivity contribution is 0.0557. The molecular formula is C10H12O5. The Hall–Kier alpha value is -1.62. The summed E-state index contributed by atoms with van der Waals surface area (Å²) < 4.78 is 14.5. The highest BCUT2D eigenvalue weighted by atomic mass is 16.5. The second-order valence-corrected chi connectivity index (χ2v) is 2.95. The number of furan rings is 1. The molecule has 0 saturated heterocycles. The Morgan fingerprint density at radius 1 is 1.40 bits per heavy atom. The van der Waals surface area contributed by atoms with Gasteiger partial charge < -0.3 is 13.9 Å². The van der Waals surface area contributed by atoms with Crippen LogP contribution in [0, 0.1) is 0 Å². The first kappa shape index (κ1) is 11.5. The van der Waals surface area contributed by atoms with Crippen molar-refractivity contribution in [3.63, 3.8) is 0 Å². The summed E-state index contributed by atoms with van der Waals surface area (Å²) in [4.78, 5) is 22.3. The summed E-state index contributed by atoms with van der Waals surface area (Å²) in [5.74, 6) is -0.718. The SMILES string of the molecule is COCc1cc(C(C)=O)oc1C(=O)OC. The zero-order valence-corrected chi connectivity index (χ0v) is 8.83. The van der Waals surface area contributed by atoms with E-state index in [0.29, 0.717) is 5.56 Å². The van der Waals surface area contributed by atoms with Gasteiger partial charge in [0.1, 0.15) is 0 Å². The number of carbonyl (C=O) groups is 2. The molecule has 0 fully saturated rings. The first-order chi connectivity index (χ1) is 7.10. The molecule has 1 aromatic rings. The second-order valence-electron chi connectivity index (χ2n) is 2.95. The van der Waals surface area contributed by atoms with Crippen LogP contribution < -0.4 is 0 Å². The fraction of sp³-hybridized carbons (Fsp3) is 0.400. The highest BCUT2D eigenvalue weighted by Gasteiger charge is 2.20. The van der Waals surface area contributed by atoms with Gasteiger partial charge >= 0.3 is 5.97 Å². The van der Waals surface area contributed by atoms with Gasteiger partial charge in [-0.25, -0.2) is 4.79 Å². The minimum absolute atomic E-state index is 0.0181. The normalized spacial score (nSPS) is 10.1. The summed E-state index contributed by atoms with van der Waals surface area (Å²) in [6, 6.07) is 1.48. The highest BCUT2D eigenvalue weighted by molar-refractivity contribution is 5.94. The van der Waals surface area contributed by atoms with Gasteiger partial charge in [-0.2, -0.15) is 0 Å². The molecular weight excluding hydrogens is 200 g/mol. The van der Waals surface area contributed by atoms with Crippen LogP contribution in [0.3, 0.4) is 0 Å². The summed E-state index contributed by atoms with van der Waals surface area (Å²) >= 11 is 0. The highest BCUT2D eigenvalue weighted by Crippen LogP contribution is 2.18. The number of esters is 1. The molecule has 0 aliphatic rings. The number of rotatable bonds is 4. The first-order valence-electron chi connectivity index (χ1n) is 4.31. The van der Waals surface area contributed by atoms with Gasteiger partial charge in [-0.15, -0.1) is 0 Å². The maximum Gasteiger partial charge on any atom is 0.374 e. The molecule has 0 aliphatic carbocycles. The molecule has 1 heterocycles. The molecule has 5 heteroatoms. The maximum atomic E-state index is 11.3. The van der Waals surface area contributed by atoms with Crippen molar-refractivity contribution < 1.29 is 23.5 Å². The topological polar surface area (TPSA) is 65.7 Å². The van der Waals surface area contributed by atoms with E-state index in [4.69, 9.17) is 9.15 Å². The van der Waals surface area contributed by atoms with Crippen molar-refractivity contribution in [2.75, 3.05) is 14.2 Å². The van der Waals surface area contributed by atoms with Crippen LogP contribution in [-0.4, -0.2) is 26.0 Å². The Bertz CT molecular complexity index is 377. The van der Waals surface area contributed by atoms with Gasteiger partial charge in [-0.05, 0) is 6.07 Å². The molecule has 0 spiro atoms. The zero-order valence-electron chi connectivity index (χ0n) is 8.83. The van der Waals surface area contributed by atoms with Gasteiger partial charge in [-0.3, -0.25) is 4.79 Å². The van der Waals surface area contributed by atoms with E-state index in [9.17, 15) is 9.59 Å². The van der Waals surface area contributed by atoms with Crippen LogP contribution >= 0.6 is 0 Å². The Morgan fingerprint density at radius 2 is 2.07 bits per heavy atom. The first-order valence-corrected chi connectivity index (χ1v) is 4.31. The Morgan fingerprint density at radius 3 is 2.53 bits per heavy atom. The predicted molar refractivity (Wildman–Crippen MR) is 50.8 cm³/mol. The van der Waals surface area contributed by atoms with Crippen LogP contribution in [0.2, 0.25) is 0 Å². The smallest absolute Gasteiger partial charge is 0.374 e. The third-order valence-electron chi connectivity index (χ3n) is 1.83. The monoisotopic (exact) mass is 212 g/mol. The molecule has 0 radical (unpaired) electrons. The standard InChI is InChI=1S/C10H12O5/c1-6(11)8-4-7(5-13-2)9(15-8)10(12)14-3/h4H,5H2,1-3H3. The minimum Gasteiger partial charge on any atom is -0.463 e. The quantitative estimate of drug-likeness (QED) is 0.557. The lowest BCUT2D eigenvalue weighted by Crippen LogP contribution is -2.03. The summed E-state index contributed by atoms with van der Waals surface area (Å²) in [5.41, 5.74) is 0.509. The van der Waals surface area contributed by atoms with E-state index in [2.05, 4.69) is 4.74 Å². The van der Waals surface area contributed by atoms with Crippen LogP contribution in [0.4, 0.5) is 0 Å². The number of carbonyl (C=O) groups excluding carboxylic acids is 2. The second kappa shape index (κ2) is 4.75. The molecule has 0 aliphatic heterocycles. The van der Waals surface area contributed by atoms with Gasteiger partial charge in [0.15, 0.2) is 11.5 Å². The predicted octanol–water partition coefficient (Wildman–Crippen LogP) is 1.42. The third-order valence-corrected chi connectivity index (χ3v) is 1.83. The van der Waals surface area contributed by atoms with E-state index >= 15 is 0 Å². The third kappa shape index (κ3) is 2.44. The molecule has 15 heavy (non-hydrogen) atoms. The van der Waals surface area contributed by atoms with Gasteiger partial charge in [0, 0.05) is 19.6 Å². The van der Waals surface area contributed by atoms with E-state index in [1.807, 2.05) is 0 Å². The van der Waals surface area contributed by atoms with Crippen molar-refractivity contribution in [1.29, 1.82) is 0 Å². The van der Waals surface area contributed by atoms with Crippen molar-refractivity contribution in [2.24, 2.45) is 0 Å². The van der Waals surface area contributed by atoms with E-state index in [1.54, 1.807) is 0 Å². The summed E-state index contributed by atoms with van der Waals surface area (Å²) in [6.07, 6.45) is 0. The maximum absolute atomic E-state index is 11.3. The Balaban J connectivity index is 3.11. The molecule has 1 aromatic heterocycles. The molecule has 0 bridgehead atoms. The van der Waals surface area contributed by atoms with E-state index in [1.165, 1.54) is 27.2 Å². The molecule has 0 unspecified atom stereocenters. The van der Waals surface area contributed by atoms with Crippen LogP contribution in [0.15, 0.2) is 10.5 Å². The van der Waals surface area contributed by atoms with Crippen LogP contribution in [0.5, 0.6) is 0 Å². The molecule has 0 atom stereocenters. The van der Waals surface area contributed by atoms with Gasteiger partial charge in [0.2, 0.25) is 5.76 Å². The van der Waals surface area contributed by atoms with Crippen LogP contribution in [0.25, 0.3) is 0 Å². The van der Waals surface area contributed by atoms with Crippen molar-refractivity contribution in [3.8, 4) is 0 Å². The lowest BCUT2D eigenvalue weighted by atomic mass is 10.2. The number of Topliss-reactive ketones (excluding diaryl/α,β-unsaturated/α-hetero) is 1. The Kier molecular flexibility index (Phi) is 3.62. The van der Waals surface area contributed by atoms with E-state index in [0.717, 1.165) is 0 Å². The number of methoxy groups -OCH3 is 2. The van der Waals surface area contributed by atoms with Gasteiger partial charge in [0.25, 0.3) is 0 Å². The fourth-order valence-electron chi connectivity index (χ4n) is 1.13. The summed E-state index contributed by atoms with van der Waals surface area (Å²) in [6.45, 7) is 1.55. The van der Waals surface area contributed by atoms with Crippen molar-refractivity contribution in [1.82, 2.24) is 0 Å². The van der Waals surface area contributed by atoms with E-state index < -0.39 is 5.97 Å². The van der Waals surface area contributed by atoms with E-state index in [-0.39, 0.29) is 23.9 Å². The molecule has 0 aromatic carbocycles. The molecule has 5 nitrogen and oxygen atoms in total. The molecule has 82 valence electrons.